The van der Waals surface area contributed by atoms with E-state index in [2.05, 4.69) is 21.2 Å². The fourth-order valence-electron chi connectivity index (χ4n) is 3.02. The number of carbonyl (C=O) groups is 2. The number of hydrogen-bond donors (Lipinski definition) is 1. The third-order valence-corrected chi connectivity index (χ3v) is 5.90. The fraction of sp³-hybridized carbons (Fsp3) is 0.136. The third-order valence-electron chi connectivity index (χ3n) is 4.60. The summed E-state index contributed by atoms with van der Waals surface area (Å²) >= 11 is 4.75. The van der Waals surface area contributed by atoms with Crippen LogP contribution >= 0.6 is 27.3 Å². The van der Waals surface area contributed by atoms with Gasteiger partial charge in [0, 0.05) is 25.4 Å². The van der Waals surface area contributed by atoms with Crippen molar-refractivity contribution in [2.24, 2.45) is 0 Å². The topological polar surface area (TPSA) is 80.4 Å². The van der Waals surface area contributed by atoms with E-state index in [0.717, 1.165) is 21.8 Å². The van der Waals surface area contributed by atoms with Crippen molar-refractivity contribution in [2.75, 3.05) is 13.6 Å². The normalized spacial score (nSPS) is 10.8. The van der Waals surface area contributed by atoms with Gasteiger partial charge in [-0.1, -0.05) is 24.3 Å². The smallest absolute Gasteiger partial charge is 0.287 e. The number of para-hydroxylation sites is 1. The third kappa shape index (κ3) is 4.95. The average molecular weight is 499 g/mol. The van der Waals surface area contributed by atoms with Gasteiger partial charge in [0.1, 0.15) is 5.69 Å². The van der Waals surface area contributed by atoms with E-state index in [1.54, 1.807) is 35.4 Å². The van der Waals surface area contributed by atoms with Crippen LogP contribution < -0.4 is 5.32 Å². The first kappa shape index (κ1) is 21.1. The minimum atomic E-state index is -0.441. The Hall–Kier alpha value is -3.17. The molecule has 9 heteroatoms. The second kappa shape index (κ2) is 9.32. The van der Waals surface area contributed by atoms with Gasteiger partial charge in [-0.05, 0) is 51.6 Å². The van der Waals surface area contributed by atoms with E-state index in [1.807, 2.05) is 58.7 Å². The van der Waals surface area contributed by atoms with Crippen LogP contribution in [0, 0.1) is 0 Å². The summed E-state index contributed by atoms with van der Waals surface area (Å²) in [6, 6.07) is 17.0. The Labute approximate surface area is 191 Å². The molecule has 0 fully saturated rings. The van der Waals surface area contributed by atoms with Crippen molar-refractivity contribution in [2.45, 2.75) is 6.54 Å². The highest BCUT2D eigenvalue weighted by Gasteiger charge is 2.18. The van der Waals surface area contributed by atoms with E-state index in [4.69, 9.17) is 9.52 Å². The van der Waals surface area contributed by atoms with Gasteiger partial charge >= 0.3 is 0 Å². The number of halogens is 1. The van der Waals surface area contributed by atoms with Crippen LogP contribution in [0.3, 0.4) is 0 Å². The molecule has 158 valence electrons. The van der Waals surface area contributed by atoms with Crippen molar-refractivity contribution in [3.05, 3.63) is 82.2 Å². The molecule has 1 aromatic carbocycles. The lowest BCUT2D eigenvalue weighted by Gasteiger charge is -2.17. The first-order chi connectivity index (χ1) is 15.0. The standard InChI is InChI=1S/C22H19BrN4O3S/c1-26(20(28)12-24-22(29)17-9-10-19(23)30-17)13-15-14-27(16-6-3-2-4-7-16)25-21(15)18-8-5-11-31-18/h2-11,14H,12-13H2,1H3,(H,24,29). The van der Waals surface area contributed by atoms with Gasteiger partial charge in [-0.3, -0.25) is 9.59 Å². The monoisotopic (exact) mass is 498 g/mol. The molecule has 0 unspecified atom stereocenters. The average Bonchev–Trinajstić information content (AvgIpc) is 3.53. The van der Waals surface area contributed by atoms with Gasteiger partial charge in [0.05, 0.1) is 17.1 Å². The fourth-order valence-corrected chi connectivity index (χ4v) is 4.07. The summed E-state index contributed by atoms with van der Waals surface area (Å²) in [6.45, 7) is 0.232. The first-order valence-electron chi connectivity index (χ1n) is 9.46. The molecular weight excluding hydrogens is 480 g/mol. The van der Waals surface area contributed by atoms with E-state index in [9.17, 15) is 9.59 Å². The van der Waals surface area contributed by atoms with E-state index >= 15 is 0 Å². The molecule has 0 bridgehead atoms. The maximum atomic E-state index is 12.6. The van der Waals surface area contributed by atoms with Crippen LogP contribution in [0.5, 0.6) is 0 Å². The van der Waals surface area contributed by atoms with Gasteiger partial charge in [0.15, 0.2) is 10.4 Å². The molecule has 4 rings (SSSR count). The van der Waals surface area contributed by atoms with Crippen molar-refractivity contribution in [1.29, 1.82) is 0 Å². The predicted molar refractivity (Wildman–Crippen MR) is 122 cm³/mol. The number of hydrogen-bond acceptors (Lipinski definition) is 5. The number of nitrogens with one attached hydrogen (secondary N) is 1. The molecule has 1 N–H and O–H groups in total. The molecule has 0 aliphatic heterocycles. The summed E-state index contributed by atoms with van der Waals surface area (Å²) in [5, 5.41) is 9.34. The molecule has 2 amide bonds. The Bertz CT molecular complexity index is 1180. The van der Waals surface area contributed by atoms with Crippen LogP contribution in [0.2, 0.25) is 0 Å². The maximum absolute atomic E-state index is 12.6. The number of amides is 2. The predicted octanol–water partition coefficient (Wildman–Crippen LogP) is 4.34. The van der Waals surface area contributed by atoms with E-state index in [0.29, 0.717) is 11.2 Å². The summed E-state index contributed by atoms with van der Waals surface area (Å²) in [7, 11) is 1.70. The number of benzene rings is 1. The van der Waals surface area contributed by atoms with Gasteiger partial charge < -0.3 is 14.6 Å². The molecule has 31 heavy (non-hydrogen) atoms. The zero-order valence-electron chi connectivity index (χ0n) is 16.6. The lowest BCUT2D eigenvalue weighted by molar-refractivity contribution is -0.129. The summed E-state index contributed by atoms with van der Waals surface area (Å²) in [5.41, 5.74) is 2.70. The Morgan fingerprint density at radius 2 is 1.97 bits per heavy atom. The van der Waals surface area contributed by atoms with E-state index < -0.39 is 5.91 Å². The minimum Gasteiger partial charge on any atom is -0.444 e. The SMILES string of the molecule is CN(Cc1cn(-c2ccccc2)nc1-c1cccs1)C(=O)CNC(=O)c1ccc(Br)o1. The first-order valence-corrected chi connectivity index (χ1v) is 11.1. The number of likely N-dealkylation sites (N-methyl/N-ethyl adjacent to an activating group) is 1. The van der Waals surface area contributed by atoms with Crippen molar-refractivity contribution in [3.63, 3.8) is 0 Å². The second-order valence-corrected chi connectivity index (χ2v) is 8.53. The number of carbonyl (C=O) groups excluding carboxylic acids is 2. The summed E-state index contributed by atoms with van der Waals surface area (Å²) < 4.78 is 7.48. The molecule has 0 aliphatic rings. The molecule has 0 radical (unpaired) electrons. The summed E-state index contributed by atoms with van der Waals surface area (Å²) in [6.07, 6.45) is 1.94. The minimum absolute atomic E-state index is 0.130. The zero-order valence-corrected chi connectivity index (χ0v) is 19.0. The molecule has 7 nitrogen and oxygen atoms in total. The van der Waals surface area contributed by atoms with E-state index in [-0.39, 0.29) is 18.2 Å². The lowest BCUT2D eigenvalue weighted by atomic mass is 10.2. The van der Waals surface area contributed by atoms with Gasteiger partial charge in [-0.2, -0.15) is 5.10 Å². The summed E-state index contributed by atoms with van der Waals surface area (Å²) in [5.74, 6) is -0.515. The van der Waals surface area contributed by atoms with Gasteiger partial charge in [-0.15, -0.1) is 11.3 Å². The van der Waals surface area contributed by atoms with Crippen LogP contribution in [-0.4, -0.2) is 40.1 Å². The molecule has 4 aromatic rings. The second-order valence-electron chi connectivity index (χ2n) is 6.80. The van der Waals surface area contributed by atoms with Gasteiger partial charge in [0.2, 0.25) is 5.91 Å². The van der Waals surface area contributed by atoms with Crippen molar-refractivity contribution in [1.82, 2.24) is 20.0 Å². The molecule has 0 atom stereocenters. The molecular formula is C22H19BrN4O3S. The molecule has 0 saturated carbocycles. The Morgan fingerprint density at radius 3 is 2.65 bits per heavy atom. The highest BCUT2D eigenvalue weighted by Crippen LogP contribution is 2.28. The lowest BCUT2D eigenvalue weighted by Crippen LogP contribution is -2.37. The zero-order chi connectivity index (χ0) is 21.8. The quantitative estimate of drug-likeness (QED) is 0.410. The van der Waals surface area contributed by atoms with Crippen LogP contribution in [0.1, 0.15) is 16.1 Å². The highest BCUT2D eigenvalue weighted by atomic mass is 79.9. The number of aromatic nitrogens is 2. The molecule has 0 aliphatic carbocycles. The molecule has 0 spiro atoms. The van der Waals surface area contributed by atoms with Gasteiger partial charge in [0.25, 0.3) is 5.91 Å². The Balaban J connectivity index is 1.47. The largest absolute Gasteiger partial charge is 0.444 e. The molecule has 3 aromatic heterocycles. The number of furan rings is 1. The maximum Gasteiger partial charge on any atom is 0.287 e. The highest BCUT2D eigenvalue weighted by molar-refractivity contribution is 9.10. The van der Waals surface area contributed by atoms with Crippen LogP contribution in [0.15, 0.2) is 75.3 Å². The van der Waals surface area contributed by atoms with Crippen molar-refractivity contribution >= 4 is 39.1 Å². The number of nitrogens with zero attached hydrogens (tertiary/aromatic N) is 3. The van der Waals surface area contributed by atoms with Crippen LogP contribution in [-0.2, 0) is 11.3 Å². The van der Waals surface area contributed by atoms with Crippen LogP contribution in [0.25, 0.3) is 16.3 Å². The molecule has 0 saturated heterocycles. The van der Waals surface area contributed by atoms with Gasteiger partial charge in [-0.25, -0.2) is 4.68 Å². The van der Waals surface area contributed by atoms with Crippen molar-refractivity contribution in [3.8, 4) is 16.3 Å². The Morgan fingerprint density at radius 1 is 1.16 bits per heavy atom. The number of rotatable bonds is 7. The summed E-state index contributed by atoms with van der Waals surface area (Å²) in [4.78, 5) is 27.3. The number of thiophene rings is 1. The molecule has 3 heterocycles. The Kier molecular flexibility index (Phi) is 6.34. The van der Waals surface area contributed by atoms with Crippen molar-refractivity contribution < 1.29 is 14.0 Å². The van der Waals surface area contributed by atoms with Crippen LogP contribution in [0.4, 0.5) is 0 Å². The van der Waals surface area contributed by atoms with E-state index in [1.165, 1.54) is 0 Å².